The van der Waals surface area contributed by atoms with Crippen molar-refractivity contribution in [3.8, 4) is 0 Å². The van der Waals surface area contributed by atoms with E-state index < -0.39 is 66.4 Å². The molecule has 1 aliphatic rings. The summed E-state index contributed by atoms with van der Waals surface area (Å²) in [7, 11) is 0. The predicted octanol–water partition coefficient (Wildman–Crippen LogP) is 1.98. The number of hydrogen-bond acceptors (Lipinski definition) is 9. The third-order valence-corrected chi connectivity index (χ3v) is 8.07. The highest BCUT2D eigenvalue weighted by Gasteiger charge is 2.47. The summed E-state index contributed by atoms with van der Waals surface area (Å²) in [4.78, 5) is 52.0. The SMILES string of the molecule is CCCCCCCCCCCCCCCC(=O)N(C(CC1OC(n2ccc(=O)[nH]c2=O)C(O)C1O)C(=O)O)[C@H](O)CCN. The number of H-pyrrole nitrogens is 1. The van der Waals surface area contributed by atoms with Gasteiger partial charge in [0.15, 0.2) is 6.23 Å². The molecule has 1 aliphatic heterocycles. The second kappa shape index (κ2) is 19.6. The minimum Gasteiger partial charge on any atom is -0.480 e. The standard InChI is InChI=1S/C30H52N4O9/c1-2-3-4-5-6-7-8-9-10-11-12-13-14-15-24(36)34(25(37)16-18-31)21(29(40)41)20-22-26(38)27(39)28(43-22)33-19-17-23(35)32-30(33)42/h17,19,21-22,25-28,37-39H,2-16,18,20,31H2,1H3,(H,40,41)(H,32,35,42)/t21?,22?,25-,26?,27?,28?/m1/s1. The number of aromatic nitrogens is 2. The molecule has 0 saturated carbocycles. The number of hydrogen-bond donors (Lipinski definition) is 6. The molecule has 2 rings (SSSR count). The molecule has 0 radical (unpaired) electrons. The van der Waals surface area contributed by atoms with E-state index in [2.05, 4.69) is 6.92 Å². The summed E-state index contributed by atoms with van der Waals surface area (Å²) in [5.74, 6) is -1.98. The molecule has 0 spiro atoms. The maximum atomic E-state index is 13.2. The van der Waals surface area contributed by atoms with E-state index in [4.69, 9.17) is 10.5 Å². The average molecular weight is 613 g/mol. The summed E-state index contributed by atoms with van der Waals surface area (Å²) in [5, 5.41) is 41.9. The molecule has 0 bridgehead atoms. The van der Waals surface area contributed by atoms with Gasteiger partial charge in [-0.05, 0) is 13.0 Å². The predicted molar refractivity (Wildman–Crippen MR) is 160 cm³/mol. The molecule has 0 aliphatic carbocycles. The number of aromatic amines is 1. The number of carboxylic acid groups (broad SMARTS) is 1. The van der Waals surface area contributed by atoms with Gasteiger partial charge >= 0.3 is 11.7 Å². The van der Waals surface area contributed by atoms with E-state index in [1.165, 1.54) is 51.4 Å². The Morgan fingerprint density at radius 2 is 1.53 bits per heavy atom. The Balaban J connectivity index is 1.91. The molecule has 1 amide bonds. The number of aliphatic hydroxyl groups is 3. The zero-order valence-corrected chi connectivity index (χ0v) is 25.4. The van der Waals surface area contributed by atoms with Crippen LogP contribution in [0.25, 0.3) is 0 Å². The number of aliphatic hydroxyl groups excluding tert-OH is 3. The summed E-state index contributed by atoms with van der Waals surface area (Å²) in [6.07, 6.45) is 7.97. The highest BCUT2D eigenvalue weighted by molar-refractivity contribution is 5.83. The lowest BCUT2D eigenvalue weighted by Crippen LogP contribution is -2.53. The molecule has 1 saturated heterocycles. The van der Waals surface area contributed by atoms with Crippen molar-refractivity contribution in [2.75, 3.05) is 6.54 Å². The van der Waals surface area contributed by atoms with E-state index in [0.29, 0.717) is 6.42 Å². The van der Waals surface area contributed by atoms with Crippen molar-refractivity contribution in [2.45, 2.75) is 146 Å². The van der Waals surface area contributed by atoms with E-state index >= 15 is 0 Å². The van der Waals surface area contributed by atoms with Gasteiger partial charge in [-0.3, -0.25) is 19.1 Å². The van der Waals surface area contributed by atoms with Crippen LogP contribution in [0.3, 0.4) is 0 Å². The third kappa shape index (κ3) is 11.8. The fraction of sp³-hybridized carbons (Fsp3) is 0.800. The Labute approximate surface area is 253 Å². The van der Waals surface area contributed by atoms with Crippen LogP contribution in [0.4, 0.5) is 0 Å². The van der Waals surface area contributed by atoms with Crippen LogP contribution in [0, 0.1) is 0 Å². The summed E-state index contributed by atoms with van der Waals surface area (Å²) in [5.41, 5.74) is 4.03. The van der Waals surface area contributed by atoms with Crippen molar-refractivity contribution >= 4 is 11.9 Å². The van der Waals surface area contributed by atoms with E-state index in [9.17, 15) is 39.6 Å². The third-order valence-electron chi connectivity index (χ3n) is 8.07. The molecule has 5 unspecified atom stereocenters. The molecule has 6 atom stereocenters. The highest BCUT2D eigenvalue weighted by atomic mass is 16.6. The van der Waals surface area contributed by atoms with Gasteiger partial charge in [-0.2, -0.15) is 0 Å². The lowest BCUT2D eigenvalue weighted by atomic mass is 10.00. The maximum Gasteiger partial charge on any atom is 0.330 e. The number of carboxylic acids is 1. The average Bonchev–Trinajstić information content (AvgIpc) is 3.23. The van der Waals surface area contributed by atoms with Crippen LogP contribution in [0.1, 0.15) is 116 Å². The van der Waals surface area contributed by atoms with Gasteiger partial charge in [-0.15, -0.1) is 0 Å². The van der Waals surface area contributed by atoms with E-state index in [-0.39, 0.29) is 19.4 Å². The maximum absolute atomic E-state index is 13.2. The number of nitrogens with one attached hydrogen (secondary N) is 1. The van der Waals surface area contributed by atoms with Crippen molar-refractivity contribution in [2.24, 2.45) is 5.73 Å². The summed E-state index contributed by atoms with van der Waals surface area (Å²) in [6, 6.07) is -0.550. The normalized spacial score (nSPS) is 21.5. The number of rotatable bonds is 22. The van der Waals surface area contributed by atoms with Crippen molar-refractivity contribution in [1.82, 2.24) is 14.5 Å². The van der Waals surface area contributed by atoms with Gasteiger partial charge in [-0.25, -0.2) is 9.59 Å². The summed E-state index contributed by atoms with van der Waals surface area (Å²) < 4.78 is 6.54. The van der Waals surface area contributed by atoms with Gasteiger partial charge in [0.1, 0.15) is 24.5 Å². The Morgan fingerprint density at radius 1 is 0.977 bits per heavy atom. The van der Waals surface area contributed by atoms with Crippen molar-refractivity contribution in [1.29, 1.82) is 0 Å². The lowest BCUT2D eigenvalue weighted by Gasteiger charge is -2.34. The molecule has 13 nitrogen and oxygen atoms in total. The largest absolute Gasteiger partial charge is 0.480 e. The number of carbonyl (C=O) groups is 2. The molecule has 0 aromatic carbocycles. The number of unbranched alkanes of at least 4 members (excludes halogenated alkanes) is 12. The van der Waals surface area contributed by atoms with Crippen LogP contribution in [-0.4, -0.2) is 83.9 Å². The van der Waals surface area contributed by atoms with Gasteiger partial charge < -0.3 is 35.8 Å². The van der Waals surface area contributed by atoms with E-state index in [1.54, 1.807) is 0 Å². The first-order chi connectivity index (χ1) is 20.6. The van der Waals surface area contributed by atoms with Crippen LogP contribution in [0.15, 0.2) is 21.9 Å². The molecule has 2 heterocycles. The molecule has 1 fully saturated rings. The Hall–Kier alpha value is -2.58. The van der Waals surface area contributed by atoms with Gasteiger partial charge in [0.05, 0.1) is 6.10 Å². The number of nitrogens with zero attached hydrogens (tertiary/aromatic N) is 2. The molecule has 1 aromatic rings. The monoisotopic (exact) mass is 612 g/mol. The van der Waals surface area contributed by atoms with Gasteiger partial charge in [-0.1, -0.05) is 84.0 Å². The van der Waals surface area contributed by atoms with Crippen LogP contribution >= 0.6 is 0 Å². The minimum atomic E-state index is -1.62. The van der Waals surface area contributed by atoms with Gasteiger partial charge in [0.2, 0.25) is 5.91 Å². The molecule has 1 aromatic heterocycles. The van der Waals surface area contributed by atoms with Gasteiger partial charge in [0.25, 0.3) is 5.56 Å². The van der Waals surface area contributed by atoms with Crippen molar-refractivity contribution in [3.05, 3.63) is 33.1 Å². The van der Waals surface area contributed by atoms with Gasteiger partial charge in [0, 0.05) is 31.5 Å². The Bertz CT molecular complexity index is 1080. The van der Waals surface area contributed by atoms with Crippen LogP contribution < -0.4 is 17.0 Å². The van der Waals surface area contributed by atoms with E-state index in [0.717, 1.165) is 47.4 Å². The minimum absolute atomic E-state index is 0.00843. The molecule has 246 valence electrons. The van der Waals surface area contributed by atoms with Crippen molar-refractivity contribution < 1.29 is 34.8 Å². The number of carbonyl (C=O) groups excluding carboxylic acids is 1. The lowest BCUT2D eigenvalue weighted by molar-refractivity contribution is -0.164. The van der Waals surface area contributed by atoms with Crippen molar-refractivity contribution in [3.63, 3.8) is 0 Å². The smallest absolute Gasteiger partial charge is 0.330 e. The molecular formula is C30H52N4O9. The first kappa shape index (κ1) is 36.6. The number of amides is 1. The van der Waals surface area contributed by atoms with Crippen LogP contribution in [0.5, 0.6) is 0 Å². The first-order valence-corrected chi connectivity index (χ1v) is 15.9. The van der Waals surface area contributed by atoms with E-state index in [1.807, 2.05) is 4.98 Å². The topological polar surface area (TPSA) is 208 Å². The number of nitrogens with two attached hydrogens (primary N) is 1. The fourth-order valence-corrected chi connectivity index (χ4v) is 5.59. The zero-order valence-electron chi connectivity index (χ0n) is 25.4. The zero-order chi connectivity index (χ0) is 31.8. The summed E-state index contributed by atoms with van der Waals surface area (Å²) in [6.45, 7) is 2.23. The Kier molecular flexibility index (Phi) is 16.7. The number of aliphatic carboxylic acids is 1. The van der Waals surface area contributed by atoms with Crippen LogP contribution in [0.2, 0.25) is 0 Å². The quantitative estimate of drug-likeness (QED) is 0.0828. The van der Waals surface area contributed by atoms with Crippen LogP contribution in [-0.2, 0) is 14.3 Å². The number of ether oxygens (including phenoxy) is 1. The molecular weight excluding hydrogens is 560 g/mol. The second-order valence-corrected chi connectivity index (χ2v) is 11.5. The molecule has 7 N–H and O–H groups in total. The molecule has 43 heavy (non-hydrogen) atoms. The Morgan fingerprint density at radius 3 is 2.05 bits per heavy atom. The first-order valence-electron chi connectivity index (χ1n) is 15.9. The molecule has 13 heteroatoms. The fourth-order valence-electron chi connectivity index (χ4n) is 5.59. The highest BCUT2D eigenvalue weighted by Crippen LogP contribution is 2.32. The summed E-state index contributed by atoms with van der Waals surface area (Å²) >= 11 is 0. The second-order valence-electron chi connectivity index (χ2n) is 11.5.